The lowest BCUT2D eigenvalue weighted by atomic mass is 10.0. The molecule has 7 aromatic heterocycles. The van der Waals surface area contributed by atoms with Crippen LogP contribution in [0.1, 0.15) is 126 Å². The highest BCUT2D eigenvalue weighted by Crippen LogP contribution is 2.35. The molecule has 2 N–H and O–H groups in total. The molecular weight excluding hydrogens is 1110 g/mol. The molecule has 1 fully saturated rings. The number of nitrogens with zero attached hydrogens (tertiary/aromatic N) is 9. The van der Waals surface area contributed by atoms with E-state index in [9.17, 15) is 54.3 Å². The first-order valence-electron chi connectivity index (χ1n) is 25.6. The molecule has 82 heavy (non-hydrogen) atoms. The van der Waals surface area contributed by atoms with E-state index in [1.165, 1.54) is 45.9 Å². The van der Waals surface area contributed by atoms with Crippen molar-refractivity contribution >= 4 is 64.9 Å². The van der Waals surface area contributed by atoms with E-state index in [-0.39, 0.29) is 121 Å². The van der Waals surface area contributed by atoms with Crippen molar-refractivity contribution in [3.8, 4) is 34.0 Å². The fraction of sp³-hybridized carbons (Fsp3) is 0.345. The molecule has 0 atom stereocenters. The van der Waals surface area contributed by atoms with Crippen molar-refractivity contribution < 1.29 is 67.6 Å². The first kappa shape index (κ1) is 59.5. The zero-order valence-corrected chi connectivity index (χ0v) is 46.7. The third-order valence-corrected chi connectivity index (χ3v) is 14.1. The summed E-state index contributed by atoms with van der Waals surface area (Å²) in [6.07, 6.45) is 1.19. The maximum atomic E-state index is 13.6. The van der Waals surface area contributed by atoms with Crippen LogP contribution in [0.3, 0.4) is 0 Å². The van der Waals surface area contributed by atoms with E-state index in [0.29, 0.717) is 82.0 Å². The summed E-state index contributed by atoms with van der Waals surface area (Å²) in [5.74, 6) is -7.05. The first-order valence-corrected chi connectivity index (χ1v) is 26.4. The molecule has 0 aromatic carbocycles. The normalized spacial score (nSPS) is 13.6. The second kappa shape index (κ2) is 25.4. The molecule has 0 bridgehead atoms. The maximum absolute atomic E-state index is 13.6. The monoisotopic (exact) mass is 1160 g/mol. The van der Waals surface area contributed by atoms with Gasteiger partial charge in [-0.3, -0.25) is 34.4 Å². The molecule has 25 nitrogen and oxygen atoms in total. The fourth-order valence-electron chi connectivity index (χ4n) is 9.93. The maximum Gasteiger partial charge on any atom is 0.255 e. The Balaban J connectivity index is 1.07. The number of carboxylic acids is 5. The Labute approximate surface area is 478 Å². The van der Waals surface area contributed by atoms with E-state index in [2.05, 4.69) is 40.5 Å². The van der Waals surface area contributed by atoms with Gasteiger partial charge in [-0.05, 0) is 114 Å². The van der Waals surface area contributed by atoms with E-state index in [4.69, 9.17) is 36.5 Å². The predicted octanol–water partition coefficient (Wildman–Crippen LogP) is 1.25. The number of halogens is 2. The van der Waals surface area contributed by atoms with Gasteiger partial charge in [0, 0.05) is 116 Å². The lowest BCUT2D eigenvalue weighted by Gasteiger charge is -2.26. The Morgan fingerprint density at radius 2 is 0.793 bits per heavy atom. The fourth-order valence-corrected chi connectivity index (χ4v) is 10.3. The van der Waals surface area contributed by atoms with Crippen molar-refractivity contribution in [1.82, 2.24) is 49.9 Å². The zero-order chi connectivity index (χ0) is 59.3. The van der Waals surface area contributed by atoms with Gasteiger partial charge in [-0.25, -0.2) is 0 Å². The number of aryl methyl sites for hydroxylation is 3. The number of furan rings is 3. The van der Waals surface area contributed by atoms with Crippen LogP contribution >= 0.6 is 23.2 Å². The Hall–Kier alpha value is -8.62. The number of aromatic nitrogens is 6. The molecule has 1 amide bonds. The van der Waals surface area contributed by atoms with Gasteiger partial charge in [0.05, 0.1) is 69.6 Å². The quantitative estimate of drug-likeness (QED) is 0.0956. The third-order valence-electron chi connectivity index (χ3n) is 13.8. The topological polar surface area (TPSA) is 368 Å². The van der Waals surface area contributed by atoms with Crippen molar-refractivity contribution in [2.75, 3.05) is 57.7 Å². The standard InChI is InChI=1S/C55H57Cl2N11O14/c1-26-41(47(69)58-9-7-8-10-59-55-64-53(56)63-54(57)65-55)29(4)80-44(26)32-17-35(60-38(20-32)48(70)71)23-66-11-13-67(24-36-18-33(21-39(61-36)49(72)73)45-27(2)42(51(76)77)30(5)81-45)15-16-68(14-12-66)25-37-19-34(22-40(62-37)50(74)75)46-28(3)43(52(78)79)31(6)82-46/h17-22H,7-16,23-25H2,1-6H3,(H,58,69)(H,70,71)(H,72,73)(H,74,75)(H,76,77)(H,78,79)(H,59,63,64,65)/p-5. The zero-order valence-electron chi connectivity index (χ0n) is 45.2. The Morgan fingerprint density at radius 3 is 1.12 bits per heavy atom. The highest BCUT2D eigenvalue weighted by molar-refractivity contribution is 6.31. The number of hydrogen-bond acceptors (Lipinski definition) is 24. The lowest BCUT2D eigenvalue weighted by Crippen LogP contribution is -2.36. The summed E-state index contributed by atoms with van der Waals surface area (Å²) in [6.45, 7) is 12.0. The van der Waals surface area contributed by atoms with Crippen LogP contribution in [0.4, 0.5) is 5.95 Å². The van der Waals surface area contributed by atoms with Crippen LogP contribution in [0.2, 0.25) is 10.6 Å². The number of rotatable bonds is 21. The molecule has 8 heterocycles. The van der Waals surface area contributed by atoms with Gasteiger partial charge in [0.15, 0.2) is 0 Å². The summed E-state index contributed by atoms with van der Waals surface area (Å²) in [7, 11) is 0. The predicted molar refractivity (Wildman–Crippen MR) is 282 cm³/mol. The third kappa shape index (κ3) is 13.9. The van der Waals surface area contributed by atoms with Crippen molar-refractivity contribution in [1.29, 1.82) is 0 Å². The van der Waals surface area contributed by atoms with Gasteiger partial charge in [0.25, 0.3) is 5.91 Å². The Kier molecular flexibility index (Phi) is 18.5. The van der Waals surface area contributed by atoms with Gasteiger partial charge < -0.3 is 73.4 Å². The van der Waals surface area contributed by atoms with Gasteiger partial charge in [-0.15, -0.1) is 0 Å². The van der Waals surface area contributed by atoms with E-state index in [0.717, 1.165) is 0 Å². The summed E-state index contributed by atoms with van der Waals surface area (Å²) in [5, 5.41) is 67.1. The van der Waals surface area contributed by atoms with Crippen LogP contribution in [-0.2, 0) is 19.6 Å². The largest absolute Gasteiger partial charge is 0.545 e. The molecule has 1 saturated heterocycles. The molecule has 0 spiro atoms. The number of amides is 1. The average Bonchev–Trinajstić information content (AvgIpc) is 4.08. The number of aromatic carboxylic acids is 5. The Morgan fingerprint density at radius 1 is 0.463 bits per heavy atom. The molecule has 0 aliphatic carbocycles. The smallest absolute Gasteiger partial charge is 0.255 e. The molecule has 0 radical (unpaired) electrons. The van der Waals surface area contributed by atoms with Crippen LogP contribution in [0, 0.1) is 41.5 Å². The van der Waals surface area contributed by atoms with Crippen molar-refractivity contribution in [3.05, 3.63) is 132 Å². The second-order valence-corrected chi connectivity index (χ2v) is 20.2. The number of anilines is 1. The summed E-state index contributed by atoms with van der Waals surface area (Å²) in [5.41, 5.74) is 1.12. The molecule has 1 aliphatic heterocycles. The summed E-state index contributed by atoms with van der Waals surface area (Å²) in [6, 6.07) is 8.56. The number of carbonyl (C=O) groups excluding carboxylic acids is 6. The second-order valence-electron chi connectivity index (χ2n) is 19.5. The summed E-state index contributed by atoms with van der Waals surface area (Å²) < 4.78 is 17.8. The minimum Gasteiger partial charge on any atom is -0.545 e. The minimum atomic E-state index is -1.59. The van der Waals surface area contributed by atoms with Crippen LogP contribution in [0.25, 0.3) is 34.0 Å². The number of unbranched alkanes of at least 4 members (excludes halogenated alkanes) is 1. The van der Waals surface area contributed by atoms with Crippen LogP contribution < -0.4 is 36.2 Å². The van der Waals surface area contributed by atoms with Crippen LogP contribution in [-0.4, -0.2) is 133 Å². The Bertz CT molecular complexity index is 3490. The van der Waals surface area contributed by atoms with E-state index >= 15 is 0 Å². The molecule has 8 rings (SSSR count). The molecule has 0 saturated carbocycles. The molecule has 430 valence electrons. The van der Waals surface area contributed by atoms with E-state index in [1.807, 2.05) is 14.7 Å². The molecule has 7 aromatic rings. The SMILES string of the molecule is Cc1oc(-c2cc(CN3CCN(Cc4cc(-c5oc(C)c(C(=O)[O-])c5C)cc(C(=O)[O-])n4)CCN(Cc4cc(-c5oc(C)c(C(=O)NCCCCNc6nc(Cl)nc(Cl)n6)c5C)cc(C(=O)[O-])n4)CC3)nc(C(=O)[O-])c2)c(C)c1C(=O)[O-]. The number of nitrogens with one attached hydrogen (secondary N) is 2. The van der Waals surface area contributed by atoms with Gasteiger partial charge in [-0.1, -0.05) is 0 Å². The molecular formula is C55H52Cl2N11O14-5. The first-order chi connectivity index (χ1) is 38.9. The molecule has 0 unspecified atom stereocenters. The van der Waals surface area contributed by atoms with Crippen LogP contribution in [0.15, 0.2) is 49.6 Å². The highest BCUT2D eigenvalue weighted by Gasteiger charge is 2.26. The van der Waals surface area contributed by atoms with Gasteiger partial charge >= 0.3 is 0 Å². The summed E-state index contributed by atoms with van der Waals surface area (Å²) >= 11 is 11.7. The van der Waals surface area contributed by atoms with Gasteiger partial charge in [0.2, 0.25) is 16.5 Å². The number of carbonyl (C=O) groups is 6. The number of pyridine rings is 3. The summed E-state index contributed by atoms with van der Waals surface area (Å²) in [4.78, 5) is 106. The highest BCUT2D eigenvalue weighted by atomic mass is 35.5. The minimum absolute atomic E-state index is 0.0440. The van der Waals surface area contributed by atoms with Crippen molar-refractivity contribution in [2.45, 2.75) is 74.0 Å². The number of hydrogen-bond donors (Lipinski definition) is 2. The van der Waals surface area contributed by atoms with Gasteiger partial charge in [0.1, 0.15) is 34.6 Å². The van der Waals surface area contributed by atoms with E-state index in [1.54, 1.807) is 32.0 Å². The average molecular weight is 1160 g/mol. The molecule has 27 heteroatoms. The number of carboxylic acid groups (broad SMARTS) is 5. The van der Waals surface area contributed by atoms with Crippen molar-refractivity contribution in [2.24, 2.45) is 0 Å². The van der Waals surface area contributed by atoms with Crippen molar-refractivity contribution in [3.63, 3.8) is 0 Å². The van der Waals surface area contributed by atoms with Gasteiger partial charge in [-0.2, -0.15) is 15.0 Å². The van der Waals surface area contributed by atoms with Crippen LogP contribution in [0.5, 0.6) is 0 Å². The lowest BCUT2D eigenvalue weighted by molar-refractivity contribution is -0.256. The van der Waals surface area contributed by atoms with E-state index < -0.39 is 52.8 Å². The molecule has 1 aliphatic rings.